The average molecular weight is 349 g/mol. The van der Waals surface area contributed by atoms with Crippen molar-refractivity contribution in [1.82, 2.24) is 15.5 Å². The van der Waals surface area contributed by atoms with Crippen LogP contribution in [0.1, 0.15) is 30.3 Å². The summed E-state index contributed by atoms with van der Waals surface area (Å²) in [4.78, 5) is 16.7. The molecule has 1 atom stereocenters. The molecule has 0 radical (unpaired) electrons. The molecule has 1 unspecified atom stereocenters. The first kappa shape index (κ1) is 16.3. The number of benzene rings is 2. The molecular weight excluding hydrogens is 330 g/mol. The van der Waals surface area contributed by atoms with E-state index >= 15 is 0 Å². The van der Waals surface area contributed by atoms with Crippen LogP contribution in [0.2, 0.25) is 0 Å². The van der Waals surface area contributed by atoms with Crippen molar-refractivity contribution in [3.63, 3.8) is 0 Å². The molecule has 4 rings (SSSR count). The van der Waals surface area contributed by atoms with Crippen LogP contribution >= 0.6 is 0 Å². The summed E-state index contributed by atoms with van der Waals surface area (Å²) in [6.45, 7) is 0.603. The van der Waals surface area contributed by atoms with Crippen molar-refractivity contribution in [1.29, 1.82) is 0 Å². The summed E-state index contributed by atoms with van der Waals surface area (Å²) in [5.41, 5.74) is 1.92. The molecule has 0 spiro atoms. The topological polar surface area (TPSA) is 77.2 Å². The SMILES string of the molecule is O=C(CCc1nc(-c2ccccc2)no1)NC1CCOc2ccccc21. The molecule has 1 aliphatic rings. The van der Waals surface area contributed by atoms with Crippen molar-refractivity contribution in [2.24, 2.45) is 0 Å². The highest BCUT2D eigenvalue weighted by Crippen LogP contribution is 2.31. The number of rotatable bonds is 5. The Balaban J connectivity index is 1.35. The molecule has 0 saturated carbocycles. The Hall–Kier alpha value is -3.15. The molecule has 6 nitrogen and oxygen atoms in total. The fourth-order valence-corrected chi connectivity index (χ4v) is 3.04. The maximum Gasteiger partial charge on any atom is 0.227 e. The molecule has 1 aromatic heterocycles. The number of nitrogens with one attached hydrogen (secondary N) is 1. The van der Waals surface area contributed by atoms with Crippen LogP contribution in [-0.4, -0.2) is 22.7 Å². The van der Waals surface area contributed by atoms with Gasteiger partial charge in [-0.2, -0.15) is 4.98 Å². The van der Waals surface area contributed by atoms with Gasteiger partial charge in [0.15, 0.2) is 0 Å². The highest BCUT2D eigenvalue weighted by Gasteiger charge is 2.22. The standard InChI is InChI=1S/C20H19N3O3/c24-18(21-16-12-13-25-17-9-5-4-8-15(16)17)10-11-19-22-20(23-26-19)14-6-2-1-3-7-14/h1-9,16H,10-13H2,(H,21,24). The fourth-order valence-electron chi connectivity index (χ4n) is 3.04. The van der Waals surface area contributed by atoms with Crippen LogP contribution in [0.15, 0.2) is 59.1 Å². The number of hydrogen-bond donors (Lipinski definition) is 1. The van der Waals surface area contributed by atoms with Crippen molar-refractivity contribution < 1.29 is 14.1 Å². The number of nitrogens with zero attached hydrogens (tertiary/aromatic N) is 2. The van der Waals surface area contributed by atoms with Crippen molar-refractivity contribution >= 4 is 5.91 Å². The van der Waals surface area contributed by atoms with Crippen LogP contribution in [0.5, 0.6) is 5.75 Å². The molecular formula is C20H19N3O3. The number of hydrogen-bond acceptors (Lipinski definition) is 5. The number of carbonyl (C=O) groups excluding carboxylic acids is 1. The number of para-hydroxylation sites is 1. The van der Waals surface area contributed by atoms with E-state index in [9.17, 15) is 4.79 Å². The predicted molar refractivity (Wildman–Crippen MR) is 95.5 cm³/mol. The number of carbonyl (C=O) groups is 1. The zero-order valence-corrected chi connectivity index (χ0v) is 14.2. The van der Waals surface area contributed by atoms with E-state index in [0.29, 0.717) is 31.2 Å². The lowest BCUT2D eigenvalue weighted by Gasteiger charge is -2.26. The van der Waals surface area contributed by atoms with E-state index in [2.05, 4.69) is 15.5 Å². The molecule has 132 valence electrons. The highest BCUT2D eigenvalue weighted by atomic mass is 16.5. The summed E-state index contributed by atoms with van der Waals surface area (Å²) in [6, 6.07) is 17.4. The monoisotopic (exact) mass is 349 g/mol. The van der Waals surface area contributed by atoms with Gasteiger partial charge in [-0.25, -0.2) is 0 Å². The van der Waals surface area contributed by atoms with Crippen molar-refractivity contribution in [2.75, 3.05) is 6.61 Å². The molecule has 2 heterocycles. The van der Waals surface area contributed by atoms with Gasteiger partial charge < -0.3 is 14.6 Å². The van der Waals surface area contributed by atoms with Gasteiger partial charge >= 0.3 is 0 Å². The largest absolute Gasteiger partial charge is 0.493 e. The van der Waals surface area contributed by atoms with E-state index < -0.39 is 0 Å². The van der Waals surface area contributed by atoms with Crippen molar-refractivity contribution in [2.45, 2.75) is 25.3 Å². The van der Waals surface area contributed by atoms with Gasteiger partial charge in [-0.15, -0.1) is 0 Å². The Morgan fingerprint density at radius 2 is 1.92 bits per heavy atom. The Labute approximate surface area is 151 Å². The fraction of sp³-hybridized carbons (Fsp3) is 0.250. The van der Waals surface area contributed by atoms with Crippen molar-refractivity contribution in [3.05, 3.63) is 66.1 Å². The van der Waals surface area contributed by atoms with Gasteiger partial charge in [0.1, 0.15) is 5.75 Å². The van der Waals surface area contributed by atoms with Crippen LogP contribution < -0.4 is 10.1 Å². The predicted octanol–water partition coefficient (Wildman–Crippen LogP) is 3.31. The first-order valence-electron chi connectivity index (χ1n) is 8.69. The van der Waals surface area contributed by atoms with Gasteiger partial charge in [-0.05, 0) is 6.07 Å². The third kappa shape index (κ3) is 3.59. The molecule has 1 N–H and O–H groups in total. The van der Waals surface area contributed by atoms with Crippen LogP contribution in [0.4, 0.5) is 0 Å². The van der Waals surface area contributed by atoms with Gasteiger partial charge in [-0.1, -0.05) is 53.7 Å². The first-order chi connectivity index (χ1) is 12.8. The minimum absolute atomic E-state index is 0.0185. The van der Waals surface area contributed by atoms with Crippen LogP contribution in [-0.2, 0) is 11.2 Å². The van der Waals surface area contributed by atoms with E-state index in [0.717, 1.165) is 23.3 Å². The molecule has 3 aromatic rings. The zero-order chi connectivity index (χ0) is 17.8. The second-order valence-corrected chi connectivity index (χ2v) is 6.17. The smallest absolute Gasteiger partial charge is 0.227 e. The normalized spacial score (nSPS) is 15.8. The van der Waals surface area contributed by atoms with Gasteiger partial charge in [0.25, 0.3) is 0 Å². The third-order valence-electron chi connectivity index (χ3n) is 4.36. The molecule has 2 aromatic carbocycles. The molecule has 26 heavy (non-hydrogen) atoms. The van der Waals surface area contributed by atoms with E-state index in [4.69, 9.17) is 9.26 Å². The third-order valence-corrected chi connectivity index (χ3v) is 4.36. The number of amides is 1. The number of aromatic nitrogens is 2. The zero-order valence-electron chi connectivity index (χ0n) is 14.2. The molecule has 0 fully saturated rings. The lowest BCUT2D eigenvalue weighted by Crippen LogP contribution is -2.32. The molecule has 0 bridgehead atoms. The summed E-state index contributed by atoms with van der Waals surface area (Å²) in [5.74, 6) is 1.81. The lowest BCUT2D eigenvalue weighted by atomic mass is 10.0. The second-order valence-electron chi connectivity index (χ2n) is 6.17. The maximum atomic E-state index is 12.3. The Kier molecular flexibility index (Phi) is 4.64. The summed E-state index contributed by atoms with van der Waals surface area (Å²) < 4.78 is 10.9. The van der Waals surface area contributed by atoms with Gasteiger partial charge in [0.2, 0.25) is 17.6 Å². The minimum atomic E-state index is -0.0360. The van der Waals surface area contributed by atoms with E-state index in [1.54, 1.807) is 0 Å². The summed E-state index contributed by atoms with van der Waals surface area (Å²) in [5, 5.41) is 7.05. The lowest BCUT2D eigenvalue weighted by molar-refractivity contribution is -0.122. The number of aryl methyl sites for hydroxylation is 1. The molecule has 1 amide bonds. The number of ether oxygens (including phenoxy) is 1. The Morgan fingerprint density at radius 1 is 1.12 bits per heavy atom. The first-order valence-corrected chi connectivity index (χ1v) is 8.69. The van der Waals surface area contributed by atoms with E-state index in [1.165, 1.54) is 0 Å². The van der Waals surface area contributed by atoms with E-state index in [1.807, 2.05) is 54.6 Å². The summed E-state index contributed by atoms with van der Waals surface area (Å²) in [7, 11) is 0. The van der Waals surface area contributed by atoms with Crippen molar-refractivity contribution in [3.8, 4) is 17.1 Å². The van der Waals surface area contributed by atoms with Crippen LogP contribution in [0.25, 0.3) is 11.4 Å². The minimum Gasteiger partial charge on any atom is -0.493 e. The quantitative estimate of drug-likeness (QED) is 0.765. The van der Waals surface area contributed by atoms with Gasteiger partial charge in [0.05, 0.1) is 12.6 Å². The summed E-state index contributed by atoms with van der Waals surface area (Å²) >= 11 is 0. The molecule has 0 aliphatic carbocycles. The maximum absolute atomic E-state index is 12.3. The van der Waals surface area contributed by atoms with Gasteiger partial charge in [0, 0.05) is 30.4 Å². The summed E-state index contributed by atoms with van der Waals surface area (Å²) in [6.07, 6.45) is 1.48. The van der Waals surface area contributed by atoms with Crippen LogP contribution in [0, 0.1) is 0 Å². The average Bonchev–Trinajstić information content (AvgIpc) is 3.17. The highest BCUT2D eigenvalue weighted by molar-refractivity contribution is 5.76. The molecule has 6 heteroatoms. The molecule has 1 aliphatic heterocycles. The van der Waals surface area contributed by atoms with E-state index in [-0.39, 0.29) is 11.9 Å². The number of fused-ring (bicyclic) bond motifs is 1. The second kappa shape index (κ2) is 7.39. The molecule has 0 saturated heterocycles. The Bertz CT molecular complexity index is 892. The van der Waals surface area contributed by atoms with Crippen LogP contribution in [0.3, 0.4) is 0 Å². The Morgan fingerprint density at radius 3 is 2.81 bits per heavy atom. The van der Waals surface area contributed by atoms with Gasteiger partial charge in [-0.3, -0.25) is 4.79 Å².